The van der Waals surface area contributed by atoms with Gasteiger partial charge >= 0.3 is 0 Å². The first kappa shape index (κ1) is 10.2. The summed E-state index contributed by atoms with van der Waals surface area (Å²) in [6, 6.07) is 5.65. The highest BCUT2D eigenvalue weighted by Crippen LogP contribution is 1.94. The second-order valence-corrected chi connectivity index (χ2v) is 2.45. The Bertz CT molecular complexity index is 302. The summed E-state index contributed by atoms with van der Waals surface area (Å²) in [7, 11) is 3.48. The van der Waals surface area contributed by atoms with Gasteiger partial charge < -0.3 is 10.9 Å². The van der Waals surface area contributed by atoms with Crippen molar-refractivity contribution in [2.75, 3.05) is 14.1 Å². The van der Waals surface area contributed by atoms with E-state index in [2.05, 4.69) is 26.0 Å². The third kappa shape index (κ3) is 3.22. The lowest BCUT2D eigenvalue weighted by molar-refractivity contribution is 0.904. The maximum absolute atomic E-state index is 4.27. The van der Waals surface area contributed by atoms with Gasteiger partial charge in [-0.1, -0.05) is 6.07 Å². The molecule has 0 aliphatic heterocycles. The normalized spacial score (nSPS) is 11.0. The van der Waals surface area contributed by atoms with Crippen LogP contribution in [0.1, 0.15) is 11.4 Å². The van der Waals surface area contributed by atoms with Crippen LogP contribution >= 0.6 is 0 Å². The molecule has 1 aromatic heterocycles. The molecule has 0 saturated carbocycles. The summed E-state index contributed by atoms with van der Waals surface area (Å²) < 4.78 is 0. The second-order valence-electron chi connectivity index (χ2n) is 2.45. The SMILES string of the molecule is CNN=Cc1cccc(C=NNC)n1. The third-order valence-electron chi connectivity index (χ3n) is 1.44. The van der Waals surface area contributed by atoms with Gasteiger partial charge in [-0.15, -0.1) is 0 Å². The largest absolute Gasteiger partial charge is 0.313 e. The van der Waals surface area contributed by atoms with Crippen LogP contribution in [0, 0.1) is 0 Å². The first-order valence-corrected chi connectivity index (χ1v) is 4.23. The van der Waals surface area contributed by atoms with Crippen molar-refractivity contribution >= 4 is 12.4 Å². The molecule has 0 spiro atoms. The highest BCUT2D eigenvalue weighted by Gasteiger charge is 1.91. The lowest BCUT2D eigenvalue weighted by atomic mass is 10.3. The molecule has 5 heteroatoms. The van der Waals surface area contributed by atoms with Crippen LogP contribution in [0.15, 0.2) is 28.4 Å². The van der Waals surface area contributed by atoms with Crippen molar-refractivity contribution in [2.24, 2.45) is 10.2 Å². The number of hydrogen-bond donors (Lipinski definition) is 2. The minimum absolute atomic E-state index is 0.791. The van der Waals surface area contributed by atoms with Crippen molar-refractivity contribution in [2.45, 2.75) is 0 Å². The fourth-order valence-corrected chi connectivity index (χ4v) is 0.874. The molecule has 0 radical (unpaired) electrons. The van der Waals surface area contributed by atoms with Crippen molar-refractivity contribution in [3.63, 3.8) is 0 Å². The van der Waals surface area contributed by atoms with Gasteiger partial charge in [-0.25, -0.2) is 4.98 Å². The van der Waals surface area contributed by atoms with E-state index < -0.39 is 0 Å². The highest BCUT2D eigenvalue weighted by molar-refractivity contribution is 5.81. The third-order valence-corrected chi connectivity index (χ3v) is 1.44. The van der Waals surface area contributed by atoms with E-state index in [1.165, 1.54) is 0 Å². The number of nitrogens with one attached hydrogen (secondary N) is 2. The quantitative estimate of drug-likeness (QED) is 0.527. The molecule has 2 N–H and O–H groups in total. The first-order chi connectivity index (χ1) is 6.86. The highest BCUT2D eigenvalue weighted by atomic mass is 15.3. The Labute approximate surface area is 82.9 Å². The van der Waals surface area contributed by atoms with E-state index in [1.54, 1.807) is 26.5 Å². The van der Waals surface area contributed by atoms with Gasteiger partial charge in [0.2, 0.25) is 0 Å². The smallest absolute Gasteiger partial charge is 0.0838 e. The predicted molar refractivity (Wildman–Crippen MR) is 57.5 cm³/mol. The number of nitrogens with zero attached hydrogens (tertiary/aromatic N) is 3. The molecule has 0 amide bonds. The molecule has 0 bridgehead atoms. The Kier molecular flexibility index (Phi) is 4.13. The molecule has 0 saturated heterocycles. The fraction of sp³-hybridized carbons (Fsp3) is 0.222. The Balaban J connectivity index is 2.78. The Morgan fingerprint density at radius 3 is 2.00 bits per heavy atom. The molecule has 0 unspecified atom stereocenters. The van der Waals surface area contributed by atoms with E-state index >= 15 is 0 Å². The minimum Gasteiger partial charge on any atom is -0.313 e. The molecule has 0 aliphatic carbocycles. The maximum Gasteiger partial charge on any atom is 0.0838 e. The van der Waals surface area contributed by atoms with Crippen LogP contribution in [-0.4, -0.2) is 31.5 Å². The van der Waals surface area contributed by atoms with E-state index in [1.807, 2.05) is 18.2 Å². The van der Waals surface area contributed by atoms with Crippen molar-refractivity contribution in [1.82, 2.24) is 15.8 Å². The average molecular weight is 191 g/mol. The molecule has 0 aliphatic rings. The van der Waals surface area contributed by atoms with Crippen LogP contribution < -0.4 is 10.9 Å². The molecule has 1 aromatic rings. The van der Waals surface area contributed by atoms with Crippen molar-refractivity contribution < 1.29 is 0 Å². The Hall–Kier alpha value is -1.91. The van der Waals surface area contributed by atoms with Crippen LogP contribution in [0.5, 0.6) is 0 Å². The zero-order valence-electron chi connectivity index (χ0n) is 8.23. The van der Waals surface area contributed by atoms with Gasteiger partial charge in [0.25, 0.3) is 0 Å². The van der Waals surface area contributed by atoms with Gasteiger partial charge in [0.1, 0.15) is 0 Å². The summed E-state index contributed by atoms with van der Waals surface area (Å²) in [6.45, 7) is 0. The van der Waals surface area contributed by atoms with Gasteiger partial charge in [-0.2, -0.15) is 10.2 Å². The summed E-state index contributed by atoms with van der Waals surface area (Å²) in [4.78, 5) is 4.27. The minimum atomic E-state index is 0.791. The van der Waals surface area contributed by atoms with E-state index in [4.69, 9.17) is 0 Å². The molecule has 5 nitrogen and oxygen atoms in total. The zero-order valence-corrected chi connectivity index (χ0v) is 8.23. The molecule has 0 fully saturated rings. The van der Waals surface area contributed by atoms with Crippen LogP contribution in [0.3, 0.4) is 0 Å². The van der Waals surface area contributed by atoms with E-state index in [-0.39, 0.29) is 0 Å². The van der Waals surface area contributed by atoms with Crippen LogP contribution in [0.2, 0.25) is 0 Å². The summed E-state index contributed by atoms with van der Waals surface area (Å²) >= 11 is 0. The lowest BCUT2D eigenvalue weighted by Gasteiger charge is -1.94. The molecule has 0 atom stereocenters. The summed E-state index contributed by atoms with van der Waals surface area (Å²) in [5, 5.41) is 7.73. The van der Waals surface area contributed by atoms with Crippen LogP contribution in [0.25, 0.3) is 0 Å². The molecule has 1 rings (SSSR count). The van der Waals surface area contributed by atoms with Crippen molar-refractivity contribution in [3.05, 3.63) is 29.6 Å². The molecule has 14 heavy (non-hydrogen) atoms. The number of pyridine rings is 1. The number of hydrogen-bond acceptors (Lipinski definition) is 5. The van der Waals surface area contributed by atoms with Gasteiger partial charge in [0, 0.05) is 14.1 Å². The second kappa shape index (κ2) is 5.69. The monoisotopic (exact) mass is 191 g/mol. The Morgan fingerprint density at radius 1 is 1.07 bits per heavy atom. The first-order valence-electron chi connectivity index (χ1n) is 4.23. The molecule has 74 valence electrons. The van der Waals surface area contributed by atoms with Gasteiger partial charge in [0.15, 0.2) is 0 Å². The van der Waals surface area contributed by atoms with Gasteiger partial charge in [-0.05, 0) is 12.1 Å². The van der Waals surface area contributed by atoms with Crippen molar-refractivity contribution in [3.8, 4) is 0 Å². The summed E-state index contributed by atoms with van der Waals surface area (Å²) in [5.41, 5.74) is 6.91. The molecular formula is C9H13N5. The Morgan fingerprint density at radius 2 is 1.57 bits per heavy atom. The summed E-state index contributed by atoms with van der Waals surface area (Å²) in [5.74, 6) is 0. The maximum atomic E-state index is 4.27. The number of hydrazone groups is 2. The van der Waals surface area contributed by atoms with Gasteiger partial charge in [0.05, 0.1) is 23.8 Å². The zero-order chi connectivity index (χ0) is 10.2. The molecule has 0 aromatic carbocycles. The molecule has 1 heterocycles. The fourth-order valence-electron chi connectivity index (χ4n) is 0.874. The van der Waals surface area contributed by atoms with E-state index in [0.29, 0.717) is 0 Å². The van der Waals surface area contributed by atoms with Crippen LogP contribution in [0.4, 0.5) is 0 Å². The molecular weight excluding hydrogens is 178 g/mol. The number of rotatable bonds is 4. The average Bonchev–Trinajstić information content (AvgIpc) is 2.24. The standard InChI is InChI=1S/C9H13N5/c1-10-12-6-8-4-3-5-9(14-8)7-13-11-2/h3-7,10-11H,1-2H3. The van der Waals surface area contributed by atoms with Gasteiger partial charge in [-0.3, -0.25) is 0 Å². The lowest BCUT2D eigenvalue weighted by Crippen LogP contribution is -2.00. The predicted octanol–water partition coefficient (Wildman–Crippen LogP) is 0.188. The van der Waals surface area contributed by atoms with E-state index in [0.717, 1.165) is 11.4 Å². The topological polar surface area (TPSA) is 61.7 Å². The summed E-state index contributed by atoms with van der Waals surface area (Å²) in [6.07, 6.45) is 3.30. The van der Waals surface area contributed by atoms with Crippen molar-refractivity contribution in [1.29, 1.82) is 0 Å². The van der Waals surface area contributed by atoms with Crippen LogP contribution in [-0.2, 0) is 0 Å². The number of aromatic nitrogens is 1. The van der Waals surface area contributed by atoms with E-state index in [9.17, 15) is 0 Å².